The summed E-state index contributed by atoms with van der Waals surface area (Å²) in [5, 5.41) is 4.34. The minimum atomic E-state index is -3.51. The fourth-order valence-electron chi connectivity index (χ4n) is 3.50. The summed E-state index contributed by atoms with van der Waals surface area (Å²) in [4.78, 5) is 25.9. The van der Waals surface area contributed by atoms with Crippen LogP contribution in [-0.2, 0) is 23.3 Å². The average molecular weight is 475 g/mol. The average Bonchev–Trinajstić information content (AvgIpc) is 3.03. The van der Waals surface area contributed by atoms with Gasteiger partial charge in [0, 0.05) is 24.4 Å². The number of ether oxygens (including phenoxy) is 1. The molecule has 0 amide bonds. The van der Waals surface area contributed by atoms with E-state index in [1.165, 1.54) is 16.8 Å². The summed E-state index contributed by atoms with van der Waals surface area (Å²) >= 11 is 6.48. The van der Waals surface area contributed by atoms with Crippen LogP contribution in [0.3, 0.4) is 0 Å². The Kier molecular flexibility index (Phi) is 6.85. The normalized spacial score (nSPS) is 11.4. The monoisotopic (exact) mass is 474 g/mol. The summed E-state index contributed by atoms with van der Waals surface area (Å²) < 4.78 is 31.3. The van der Waals surface area contributed by atoms with Crippen molar-refractivity contribution in [2.24, 2.45) is 7.05 Å². The minimum absolute atomic E-state index is 0.0787. The van der Waals surface area contributed by atoms with Gasteiger partial charge < -0.3 is 4.74 Å². The maximum absolute atomic E-state index is 13.4. The van der Waals surface area contributed by atoms with E-state index in [2.05, 4.69) is 5.10 Å². The minimum Gasteiger partial charge on any atom is -0.469 e. The van der Waals surface area contributed by atoms with E-state index in [1.54, 1.807) is 45.2 Å². The molecule has 32 heavy (non-hydrogen) atoms. The zero-order valence-electron chi connectivity index (χ0n) is 18.2. The number of Topliss-reactive ketones (excluding diaryl/α,β-unsaturated/α-hetero) is 1. The fraction of sp³-hybridized carbons (Fsp3) is 0.261. The van der Waals surface area contributed by atoms with Crippen molar-refractivity contribution < 1.29 is 22.7 Å². The summed E-state index contributed by atoms with van der Waals surface area (Å²) in [6, 6.07) is 11.5. The third-order valence-electron chi connectivity index (χ3n) is 5.03. The Balaban J connectivity index is 1.99. The van der Waals surface area contributed by atoms with E-state index in [1.807, 2.05) is 6.07 Å². The summed E-state index contributed by atoms with van der Waals surface area (Å²) in [6.07, 6.45) is 1.43. The Morgan fingerprint density at radius 3 is 2.38 bits per heavy atom. The SMILES string of the molecule is CCc1c(S(C)(=O)=O)ccc(C(=O)c2c(C)nn(C)c2OCC(=O)c2ccccc2)c1Cl. The van der Waals surface area contributed by atoms with Gasteiger partial charge in [0.25, 0.3) is 0 Å². The molecular weight excluding hydrogens is 452 g/mol. The largest absolute Gasteiger partial charge is 0.469 e. The van der Waals surface area contributed by atoms with Crippen molar-refractivity contribution in [3.8, 4) is 5.88 Å². The molecule has 0 N–H and O–H groups in total. The lowest BCUT2D eigenvalue weighted by molar-refractivity contribution is 0.0908. The predicted octanol–water partition coefficient (Wildman–Crippen LogP) is 3.84. The van der Waals surface area contributed by atoms with Gasteiger partial charge in [0.05, 0.1) is 15.6 Å². The van der Waals surface area contributed by atoms with Crippen LogP contribution in [-0.4, -0.2) is 42.6 Å². The quantitative estimate of drug-likeness (QED) is 0.460. The van der Waals surface area contributed by atoms with Crippen LogP contribution in [0.1, 0.15) is 44.5 Å². The Labute approximate surface area is 191 Å². The zero-order chi connectivity index (χ0) is 23.6. The Bertz CT molecular complexity index is 1300. The third-order valence-corrected chi connectivity index (χ3v) is 6.64. The molecule has 0 saturated heterocycles. The topological polar surface area (TPSA) is 95.3 Å². The van der Waals surface area contributed by atoms with E-state index in [9.17, 15) is 18.0 Å². The number of carbonyl (C=O) groups is 2. The molecule has 1 heterocycles. The second-order valence-electron chi connectivity index (χ2n) is 7.33. The second-order valence-corrected chi connectivity index (χ2v) is 9.69. The van der Waals surface area contributed by atoms with E-state index in [0.29, 0.717) is 23.2 Å². The van der Waals surface area contributed by atoms with Gasteiger partial charge in [-0.3, -0.25) is 9.59 Å². The van der Waals surface area contributed by atoms with Gasteiger partial charge in [-0.05, 0) is 31.0 Å². The van der Waals surface area contributed by atoms with Gasteiger partial charge in [0.2, 0.25) is 11.7 Å². The number of halogens is 1. The van der Waals surface area contributed by atoms with Gasteiger partial charge in [-0.15, -0.1) is 0 Å². The highest BCUT2D eigenvalue weighted by molar-refractivity contribution is 7.90. The van der Waals surface area contributed by atoms with Gasteiger partial charge in [-0.1, -0.05) is 48.9 Å². The molecular formula is C23H23ClN2O5S. The van der Waals surface area contributed by atoms with Crippen molar-refractivity contribution in [3.05, 3.63) is 75.4 Å². The van der Waals surface area contributed by atoms with Crippen LogP contribution in [0.5, 0.6) is 5.88 Å². The van der Waals surface area contributed by atoms with Crippen molar-refractivity contribution >= 4 is 33.0 Å². The molecule has 3 rings (SSSR count). The number of aryl methyl sites for hydroxylation is 2. The first-order valence-electron chi connectivity index (χ1n) is 9.87. The first-order chi connectivity index (χ1) is 15.1. The fourth-order valence-corrected chi connectivity index (χ4v) is 4.95. The van der Waals surface area contributed by atoms with Crippen LogP contribution >= 0.6 is 11.6 Å². The number of rotatable bonds is 8. The van der Waals surface area contributed by atoms with Gasteiger partial charge in [-0.25, -0.2) is 13.1 Å². The van der Waals surface area contributed by atoms with Crippen LogP contribution < -0.4 is 4.74 Å². The van der Waals surface area contributed by atoms with Crippen LogP contribution in [0.4, 0.5) is 0 Å². The molecule has 7 nitrogen and oxygen atoms in total. The highest BCUT2D eigenvalue weighted by Crippen LogP contribution is 2.33. The first kappa shape index (κ1) is 23.7. The van der Waals surface area contributed by atoms with Crippen LogP contribution in [0.15, 0.2) is 47.4 Å². The van der Waals surface area contributed by atoms with Crippen LogP contribution in [0, 0.1) is 6.92 Å². The molecule has 0 fully saturated rings. The molecule has 0 atom stereocenters. The number of hydrogen-bond donors (Lipinski definition) is 0. The van der Waals surface area contributed by atoms with E-state index in [0.717, 1.165) is 6.26 Å². The smallest absolute Gasteiger partial charge is 0.223 e. The molecule has 0 aliphatic rings. The molecule has 168 valence electrons. The van der Waals surface area contributed by atoms with Crippen LogP contribution in [0.25, 0.3) is 0 Å². The van der Waals surface area contributed by atoms with E-state index < -0.39 is 15.6 Å². The highest BCUT2D eigenvalue weighted by Gasteiger charge is 2.27. The lowest BCUT2D eigenvalue weighted by Gasteiger charge is -2.13. The van der Waals surface area contributed by atoms with Crippen molar-refractivity contribution in [3.63, 3.8) is 0 Å². The van der Waals surface area contributed by atoms with Gasteiger partial charge in [0.15, 0.2) is 22.2 Å². The summed E-state index contributed by atoms with van der Waals surface area (Å²) in [5.74, 6) is -0.567. The van der Waals surface area contributed by atoms with Crippen molar-refractivity contribution in [2.75, 3.05) is 12.9 Å². The van der Waals surface area contributed by atoms with Gasteiger partial charge in [0.1, 0.15) is 5.56 Å². The summed E-state index contributed by atoms with van der Waals surface area (Å²) in [5.41, 5.74) is 1.59. The molecule has 0 bridgehead atoms. The first-order valence-corrected chi connectivity index (χ1v) is 12.1. The molecule has 0 aliphatic heterocycles. The van der Waals surface area contributed by atoms with E-state index >= 15 is 0 Å². The van der Waals surface area contributed by atoms with Crippen molar-refractivity contribution in [2.45, 2.75) is 25.2 Å². The number of benzene rings is 2. The number of aromatic nitrogens is 2. The lowest BCUT2D eigenvalue weighted by atomic mass is 10.00. The van der Waals surface area contributed by atoms with E-state index in [4.69, 9.17) is 16.3 Å². The number of ketones is 2. The Morgan fingerprint density at radius 2 is 1.78 bits per heavy atom. The number of nitrogens with zero attached hydrogens (tertiary/aromatic N) is 2. The maximum atomic E-state index is 13.4. The molecule has 0 aliphatic carbocycles. The Morgan fingerprint density at radius 1 is 1.12 bits per heavy atom. The highest BCUT2D eigenvalue weighted by atomic mass is 35.5. The molecule has 1 aromatic heterocycles. The molecule has 9 heteroatoms. The molecule has 2 aromatic carbocycles. The second kappa shape index (κ2) is 9.26. The molecule has 0 saturated carbocycles. The maximum Gasteiger partial charge on any atom is 0.223 e. The zero-order valence-corrected chi connectivity index (χ0v) is 19.7. The summed E-state index contributed by atoms with van der Waals surface area (Å²) in [6.45, 7) is 3.14. The third kappa shape index (κ3) is 4.61. The van der Waals surface area contributed by atoms with Crippen molar-refractivity contribution in [1.82, 2.24) is 9.78 Å². The summed E-state index contributed by atoms with van der Waals surface area (Å²) in [7, 11) is -1.90. The number of sulfone groups is 1. The standard InChI is InChI=1S/C23H23ClN2O5S/c1-5-16-19(32(4,29)30)12-11-17(21(16)24)22(28)20-14(2)25-26(3)23(20)31-13-18(27)15-9-7-6-8-10-15/h6-12H,5,13H2,1-4H3. The molecule has 0 spiro atoms. The predicted molar refractivity (Wildman–Crippen MR) is 122 cm³/mol. The number of hydrogen-bond acceptors (Lipinski definition) is 6. The van der Waals surface area contributed by atoms with Crippen molar-refractivity contribution in [1.29, 1.82) is 0 Å². The van der Waals surface area contributed by atoms with Gasteiger partial charge >= 0.3 is 0 Å². The lowest BCUT2D eigenvalue weighted by Crippen LogP contribution is -2.15. The molecule has 0 unspecified atom stereocenters. The molecule has 0 radical (unpaired) electrons. The number of carbonyl (C=O) groups excluding carboxylic acids is 2. The van der Waals surface area contributed by atoms with E-state index in [-0.39, 0.29) is 39.3 Å². The Hall–Kier alpha value is -2.97. The van der Waals surface area contributed by atoms with Gasteiger partial charge in [-0.2, -0.15) is 5.10 Å². The van der Waals surface area contributed by atoms with Crippen LogP contribution in [0.2, 0.25) is 5.02 Å². The molecule has 3 aromatic rings.